The van der Waals surface area contributed by atoms with E-state index < -0.39 is 11.6 Å². The van der Waals surface area contributed by atoms with E-state index in [1.165, 1.54) is 23.3 Å². The highest BCUT2D eigenvalue weighted by Crippen LogP contribution is 2.29. The predicted octanol–water partition coefficient (Wildman–Crippen LogP) is 8.09. The number of imidazole rings is 1. The van der Waals surface area contributed by atoms with Gasteiger partial charge in [0.1, 0.15) is 11.4 Å². The SMILES string of the molecule is CC(C)=CCCOc1ccc(-c2ccc(Cn3ccc4nc(-c5cccc(F)c5F)nc-4c3)cc2)c(C)c1. The number of rotatable bonds is 8. The Balaban J connectivity index is 1.28. The molecule has 0 radical (unpaired) electrons. The second kappa shape index (κ2) is 11.0. The minimum absolute atomic E-state index is 0.0574. The van der Waals surface area contributed by atoms with Crippen molar-refractivity contribution in [1.29, 1.82) is 0 Å². The normalized spacial score (nSPS) is 11.1. The van der Waals surface area contributed by atoms with Crippen molar-refractivity contribution in [3.05, 3.63) is 114 Å². The van der Waals surface area contributed by atoms with E-state index in [9.17, 15) is 8.78 Å². The van der Waals surface area contributed by atoms with Crippen molar-refractivity contribution >= 4 is 0 Å². The Morgan fingerprint density at radius 3 is 2.47 bits per heavy atom. The zero-order valence-electron chi connectivity index (χ0n) is 21.7. The molecule has 192 valence electrons. The summed E-state index contributed by atoms with van der Waals surface area (Å²) >= 11 is 0. The van der Waals surface area contributed by atoms with Gasteiger partial charge in [0.25, 0.3) is 0 Å². The molecule has 0 N–H and O–H groups in total. The molecular weight excluding hydrogens is 480 g/mol. The molecule has 2 aliphatic rings. The molecule has 6 heteroatoms. The summed E-state index contributed by atoms with van der Waals surface area (Å²) in [6.45, 7) is 7.59. The number of nitrogens with zero attached hydrogens (tertiary/aromatic N) is 3. The Hall–Kier alpha value is -4.32. The van der Waals surface area contributed by atoms with E-state index in [2.05, 4.69) is 73.2 Å². The van der Waals surface area contributed by atoms with Gasteiger partial charge < -0.3 is 9.30 Å². The van der Waals surface area contributed by atoms with Crippen LogP contribution >= 0.6 is 0 Å². The van der Waals surface area contributed by atoms with E-state index in [0.717, 1.165) is 34.9 Å². The quantitative estimate of drug-likeness (QED) is 0.157. The molecule has 0 fully saturated rings. The van der Waals surface area contributed by atoms with Crippen molar-refractivity contribution in [2.45, 2.75) is 33.7 Å². The lowest BCUT2D eigenvalue weighted by Crippen LogP contribution is -2.01. The molecule has 0 saturated heterocycles. The highest BCUT2D eigenvalue weighted by atomic mass is 19.2. The van der Waals surface area contributed by atoms with Crippen LogP contribution in [0.1, 0.15) is 31.4 Å². The Bertz CT molecular complexity index is 1570. The van der Waals surface area contributed by atoms with E-state index in [-0.39, 0.29) is 11.4 Å². The molecule has 4 nitrogen and oxygen atoms in total. The van der Waals surface area contributed by atoms with Gasteiger partial charge in [-0.1, -0.05) is 48.0 Å². The highest BCUT2D eigenvalue weighted by molar-refractivity contribution is 5.68. The van der Waals surface area contributed by atoms with E-state index in [0.29, 0.717) is 24.5 Å². The second-order valence-electron chi connectivity index (χ2n) is 9.63. The van der Waals surface area contributed by atoms with Crippen molar-refractivity contribution in [3.8, 4) is 39.7 Å². The van der Waals surface area contributed by atoms with Crippen LogP contribution in [0.4, 0.5) is 8.78 Å². The Kier molecular flexibility index (Phi) is 7.31. The van der Waals surface area contributed by atoms with Gasteiger partial charge in [0.05, 0.1) is 17.9 Å². The van der Waals surface area contributed by atoms with Crippen molar-refractivity contribution in [2.24, 2.45) is 0 Å². The van der Waals surface area contributed by atoms with Gasteiger partial charge in [0.15, 0.2) is 17.5 Å². The monoisotopic (exact) mass is 509 g/mol. The van der Waals surface area contributed by atoms with Crippen molar-refractivity contribution in [1.82, 2.24) is 14.5 Å². The van der Waals surface area contributed by atoms with Crippen LogP contribution < -0.4 is 4.74 Å². The van der Waals surface area contributed by atoms with Crippen LogP contribution in [0.5, 0.6) is 5.75 Å². The first-order valence-electron chi connectivity index (χ1n) is 12.6. The lowest BCUT2D eigenvalue weighted by atomic mass is 9.99. The Labute approximate surface area is 221 Å². The van der Waals surface area contributed by atoms with Crippen LogP contribution in [0.3, 0.4) is 0 Å². The number of hydrogen-bond donors (Lipinski definition) is 0. The van der Waals surface area contributed by atoms with Crippen LogP contribution in [0.2, 0.25) is 0 Å². The van der Waals surface area contributed by atoms with Gasteiger partial charge in [-0.25, -0.2) is 18.7 Å². The third-order valence-corrected chi connectivity index (χ3v) is 6.39. The zero-order chi connectivity index (χ0) is 26.6. The summed E-state index contributed by atoms with van der Waals surface area (Å²) in [5, 5.41) is 0. The Morgan fingerprint density at radius 2 is 1.71 bits per heavy atom. The molecule has 0 bridgehead atoms. The summed E-state index contributed by atoms with van der Waals surface area (Å²) in [7, 11) is 0. The maximum Gasteiger partial charge on any atom is 0.169 e. The molecule has 0 spiro atoms. The summed E-state index contributed by atoms with van der Waals surface area (Å²) in [6.07, 6.45) is 6.87. The smallest absolute Gasteiger partial charge is 0.169 e. The van der Waals surface area contributed by atoms with Crippen LogP contribution in [0.15, 0.2) is 90.8 Å². The fraction of sp³-hybridized carbons (Fsp3) is 0.188. The van der Waals surface area contributed by atoms with Crippen LogP contribution in [0, 0.1) is 18.6 Å². The van der Waals surface area contributed by atoms with Crippen LogP contribution in [-0.2, 0) is 6.54 Å². The molecule has 0 unspecified atom stereocenters. The maximum absolute atomic E-state index is 14.2. The van der Waals surface area contributed by atoms with Crippen molar-refractivity contribution < 1.29 is 13.5 Å². The van der Waals surface area contributed by atoms with Gasteiger partial charge in [-0.3, -0.25) is 0 Å². The molecule has 0 aliphatic carbocycles. The van der Waals surface area contributed by atoms with Crippen molar-refractivity contribution in [3.63, 3.8) is 0 Å². The van der Waals surface area contributed by atoms with E-state index in [4.69, 9.17) is 4.74 Å². The predicted molar refractivity (Wildman–Crippen MR) is 147 cm³/mol. The highest BCUT2D eigenvalue weighted by Gasteiger charge is 2.17. The second-order valence-corrected chi connectivity index (χ2v) is 9.63. The van der Waals surface area contributed by atoms with Gasteiger partial charge in [-0.05, 0) is 79.8 Å². The van der Waals surface area contributed by atoms with Gasteiger partial charge in [-0.2, -0.15) is 0 Å². The average Bonchev–Trinajstić information content (AvgIpc) is 3.32. The fourth-order valence-corrected chi connectivity index (χ4v) is 4.42. The number of fused-ring (bicyclic) bond motifs is 1. The standard InChI is InChI=1S/C32H29F2N3O/c1-21(2)6-5-17-38-25-13-14-26(22(3)18-25)24-11-9-23(10-12-24)19-37-16-15-29-30(20-37)36-32(35-29)27-7-4-8-28(33)31(27)34/h4,6-16,18,20H,5,17,19H2,1-3H3. The zero-order valence-corrected chi connectivity index (χ0v) is 21.7. The lowest BCUT2D eigenvalue weighted by Gasteiger charge is -2.12. The minimum atomic E-state index is -0.937. The summed E-state index contributed by atoms with van der Waals surface area (Å²) in [6, 6.07) is 20.5. The number of hydrogen-bond acceptors (Lipinski definition) is 3. The topological polar surface area (TPSA) is 39.9 Å². The van der Waals surface area contributed by atoms with Crippen molar-refractivity contribution in [2.75, 3.05) is 6.61 Å². The van der Waals surface area contributed by atoms with E-state index in [1.807, 2.05) is 29.1 Å². The fourth-order valence-electron chi connectivity index (χ4n) is 4.42. The molecule has 3 aromatic carbocycles. The van der Waals surface area contributed by atoms with Gasteiger partial charge in [0, 0.05) is 18.9 Å². The molecule has 38 heavy (non-hydrogen) atoms. The summed E-state index contributed by atoms with van der Waals surface area (Å²) < 4.78 is 35.7. The number of pyridine rings is 1. The molecule has 0 amide bonds. The number of allylic oxidation sites excluding steroid dienone is 1. The summed E-state index contributed by atoms with van der Waals surface area (Å²) in [5.41, 5.74) is 7.23. The van der Waals surface area contributed by atoms with E-state index in [1.54, 1.807) is 0 Å². The first kappa shape index (κ1) is 25.3. The molecule has 0 atom stereocenters. The molecule has 2 heterocycles. The number of aryl methyl sites for hydroxylation is 1. The largest absolute Gasteiger partial charge is 0.493 e. The number of benzene rings is 3. The number of ether oxygens (including phenoxy) is 1. The summed E-state index contributed by atoms with van der Waals surface area (Å²) in [5.74, 6) is -0.786. The molecule has 0 aromatic heterocycles. The molecular formula is C32H29F2N3O. The lowest BCUT2D eigenvalue weighted by molar-refractivity contribution is 0.324. The van der Waals surface area contributed by atoms with Crippen LogP contribution in [0.25, 0.3) is 33.9 Å². The van der Waals surface area contributed by atoms with Crippen LogP contribution in [-0.4, -0.2) is 21.1 Å². The van der Waals surface area contributed by atoms with Gasteiger partial charge >= 0.3 is 0 Å². The average molecular weight is 510 g/mol. The van der Waals surface area contributed by atoms with Gasteiger partial charge in [0.2, 0.25) is 0 Å². The molecule has 0 saturated carbocycles. The minimum Gasteiger partial charge on any atom is -0.493 e. The molecule has 3 aromatic rings. The molecule has 5 rings (SSSR count). The Morgan fingerprint density at radius 1 is 0.921 bits per heavy atom. The maximum atomic E-state index is 14.2. The first-order chi connectivity index (χ1) is 18.4. The third kappa shape index (κ3) is 5.65. The van der Waals surface area contributed by atoms with E-state index >= 15 is 0 Å². The number of halogens is 2. The number of aromatic nitrogens is 3. The van der Waals surface area contributed by atoms with Gasteiger partial charge in [-0.15, -0.1) is 0 Å². The third-order valence-electron chi connectivity index (χ3n) is 6.39. The summed E-state index contributed by atoms with van der Waals surface area (Å²) in [4.78, 5) is 8.81. The molecule has 2 aliphatic heterocycles. The first-order valence-corrected chi connectivity index (χ1v) is 12.6.